The van der Waals surface area contributed by atoms with E-state index in [0.717, 1.165) is 40.8 Å². The van der Waals surface area contributed by atoms with Crippen LogP contribution < -0.4 is 10.6 Å². The molecule has 0 spiro atoms. The molecular weight excluding hydrogens is 392 g/mol. The predicted octanol–water partition coefficient (Wildman–Crippen LogP) is 1.87. The van der Waals surface area contributed by atoms with E-state index in [1.807, 2.05) is 42.5 Å². The van der Waals surface area contributed by atoms with Gasteiger partial charge in [-0.1, -0.05) is 36.4 Å². The lowest BCUT2D eigenvalue weighted by Gasteiger charge is -2.18. The number of nitriles is 1. The molecule has 1 saturated heterocycles. The summed E-state index contributed by atoms with van der Waals surface area (Å²) in [6.45, 7) is 2.47. The molecule has 2 aromatic carbocycles. The summed E-state index contributed by atoms with van der Waals surface area (Å²) < 4.78 is 5.56. The van der Waals surface area contributed by atoms with Crippen LogP contribution in [0.25, 0.3) is 11.1 Å². The van der Waals surface area contributed by atoms with Crippen LogP contribution in [0.3, 0.4) is 0 Å². The second-order valence-electron chi connectivity index (χ2n) is 8.04. The van der Waals surface area contributed by atoms with Gasteiger partial charge in [0, 0.05) is 38.7 Å². The largest absolute Gasteiger partial charge is 0.367 e. The van der Waals surface area contributed by atoms with E-state index in [4.69, 9.17) is 4.74 Å². The molecule has 31 heavy (non-hydrogen) atoms. The van der Waals surface area contributed by atoms with Crippen molar-refractivity contribution in [1.82, 2.24) is 15.5 Å². The van der Waals surface area contributed by atoms with Crippen molar-refractivity contribution in [3.05, 3.63) is 59.2 Å². The number of ether oxygens (including phenoxy) is 1. The van der Waals surface area contributed by atoms with E-state index in [0.29, 0.717) is 26.1 Å². The Hall–Kier alpha value is -3.21. The lowest BCUT2D eigenvalue weighted by atomic mass is 9.98. The Kier molecular flexibility index (Phi) is 6.31. The second kappa shape index (κ2) is 9.29. The Bertz CT molecular complexity index is 1000. The molecule has 2 atom stereocenters. The molecule has 160 valence electrons. The molecule has 2 N–H and O–H groups in total. The minimum atomic E-state index is -0.627. The van der Waals surface area contributed by atoms with Gasteiger partial charge < -0.3 is 20.3 Å². The summed E-state index contributed by atoms with van der Waals surface area (Å²) in [6, 6.07) is 15.4. The van der Waals surface area contributed by atoms with Gasteiger partial charge in [0.25, 0.3) is 11.8 Å². The predicted molar refractivity (Wildman–Crippen MR) is 116 cm³/mol. The molecule has 2 aliphatic rings. The number of benzene rings is 2. The summed E-state index contributed by atoms with van der Waals surface area (Å²) in [6.07, 6.45) is 0.713. The zero-order valence-corrected chi connectivity index (χ0v) is 17.6. The van der Waals surface area contributed by atoms with Gasteiger partial charge in [-0.3, -0.25) is 9.59 Å². The number of hydrogen-bond donors (Lipinski definition) is 2. The van der Waals surface area contributed by atoms with E-state index in [1.54, 1.807) is 11.9 Å². The van der Waals surface area contributed by atoms with Crippen LogP contribution in [0.15, 0.2) is 42.5 Å². The third-order valence-corrected chi connectivity index (χ3v) is 5.73. The van der Waals surface area contributed by atoms with Crippen LogP contribution in [-0.2, 0) is 22.5 Å². The Morgan fingerprint density at radius 1 is 1.29 bits per heavy atom. The van der Waals surface area contributed by atoms with Gasteiger partial charge >= 0.3 is 0 Å². The molecule has 4 rings (SSSR count). The number of carbonyl (C=O) groups is 2. The Balaban J connectivity index is 1.40. The molecule has 2 aromatic rings. The highest BCUT2D eigenvalue weighted by Crippen LogP contribution is 2.28. The second-order valence-corrected chi connectivity index (χ2v) is 8.04. The van der Waals surface area contributed by atoms with Crippen molar-refractivity contribution in [2.24, 2.45) is 0 Å². The first-order valence-corrected chi connectivity index (χ1v) is 10.5. The van der Waals surface area contributed by atoms with Crippen molar-refractivity contribution in [2.45, 2.75) is 31.5 Å². The molecule has 7 heteroatoms. The summed E-state index contributed by atoms with van der Waals surface area (Å²) in [7, 11) is 1.81. The van der Waals surface area contributed by atoms with Gasteiger partial charge in [0.2, 0.25) is 0 Å². The number of nitrogens with one attached hydrogen (secondary N) is 2. The average Bonchev–Trinajstić information content (AvgIpc) is 2.96. The van der Waals surface area contributed by atoms with Crippen molar-refractivity contribution < 1.29 is 14.3 Å². The SMILES string of the molecule is CN1Cc2ccc(-c3ccc(C[C@@H](C#N)NC(=O)[C@@H]4CNCCCO4)cc3)cc2C1=O. The zero-order chi connectivity index (χ0) is 21.8. The van der Waals surface area contributed by atoms with Crippen LogP contribution in [0.1, 0.15) is 27.9 Å². The smallest absolute Gasteiger partial charge is 0.254 e. The van der Waals surface area contributed by atoms with Gasteiger partial charge in [-0.05, 0) is 41.3 Å². The van der Waals surface area contributed by atoms with Crippen molar-refractivity contribution in [2.75, 3.05) is 26.7 Å². The summed E-state index contributed by atoms with van der Waals surface area (Å²) in [4.78, 5) is 26.4. The van der Waals surface area contributed by atoms with Gasteiger partial charge in [0.1, 0.15) is 12.1 Å². The number of carbonyl (C=O) groups excluding carboxylic acids is 2. The molecule has 2 aliphatic heterocycles. The van der Waals surface area contributed by atoms with E-state index < -0.39 is 12.1 Å². The Morgan fingerprint density at radius 3 is 2.84 bits per heavy atom. The summed E-state index contributed by atoms with van der Waals surface area (Å²) in [5.41, 5.74) is 4.74. The highest BCUT2D eigenvalue weighted by molar-refractivity contribution is 5.99. The van der Waals surface area contributed by atoms with Crippen molar-refractivity contribution in [3.8, 4) is 17.2 Å². The summed E-state index contributed by atoms with van der Waals surface area (Å²) in [5, 5.41) is 15.5. The van der Waals surface area contributed by atoms with E-state index in [9.17, 15) is 14.9 Å². The molecule has 0 bridgehead atoms. The van der Waals surface area contributed by atoms with Crippen LogP contribution >= 0.6 is 0 Å². The molecule has 0 aromatic heterocycles. The number of hydrogen-bond acceptors (Lipinski definition) is 5. The molecule has 1 fully saturated rings. The monoisotopic (exact) mass is 418 g/mol. The van der Waals surface area contributed by atoms with Crippen molar-refractivity contribution in [1.29, 1.82) is 5.26 Å². The van der Waals surface area contributed by atoms with Crippen LogP contribution in [0.2, 0.25) is 0 Å². The van der Waals surface area contributed by atoms with E-state index in [2.05, 4.69) is 16.7 Å². The van der Waals surface area contributed by atoms with Gasteiger partial charge in [0.15, 0.2) is 0 Å². The molecule has 7 nitrogen and oxygen atoms in total. The van der Waals surface area contributed by atoms with Crippen LogP contribution in [0, 0.1) is 11.3 Å². The van der Waals surface area contributed by atoms with E-state index >= 15 is 0 Å². The highest BCUT2D eigenvalue weighted by Gasteiger charge is 2.25. The zero-order valence-electron chi connectivity index (χ0n) is 17.6. The van der Waals surface area contributed by atoms with E-state index in [1.165, 1.54) is 0 Å². The van der Waals surface area contributed by atoms with Crippen LogP contribution in [0.5, 0.6) is 0 Å². The first kappa shape index (κ1) is 21.0. The maximum atomic E-state index is 12.4. The Labute approximate surface area is 182 Å². The maximum absolute atomic E-state index is 12.4. The lowest BCUT2D eigenvalue weighted by Crippen LogP contribution is -2.46. The minimum Gasteiger partial charge on any atom is -0.367 e. The fourth-order valence-corrected chi connectivity index (χ4v) is 3.97. The van der Waals surface area contributed by atoms with Gasteiger partial charge in [0.05, 0.1) is 6.07 Å². The minimum absolute atomic E-state index is 0.0499. The Morgan fingerprint density at radius 2 is 2.06 bits per heavy atom. The van der Waals surface area contributed by atoms with Crippen LogP contribution in [0.4, 0.5) is 0 Å². The highest BCUT2D eigenvalue weighted by atomic mass is 16.5. The molecule has 2 amide bonds. The lowest BCUT2D eigenvalue weighted by molar-refractivity contribution is -0.132. The first-order chi connectivity index (χ1) is 15.0. The van der Waals surface area contributed by atoms with E-state index in [-0.39, 0.29) is 11.8 Å². The average molecular weight is 418 g/mol. The topological polar surface area (TPSA) is 94.5 Å². The number of fused-ring (bicyclic) bond motifs is 1. The van der Waals surface area contributed by atoms with Crippen molar-refractivity contribution >= 4 is 11.8 Å². The van der Waals surface area contributed by atoms with Gasteiger partial charge in [-0.15, -0.1) is 0 Å². The third kappa shape index (κ3) is 4.76. The standard InChI is InChI=1S/C24H26N4O3/c1-28-15-19-8-7-18(12-21(19)24(28)30)17-5-3-16(4-6-17)11-20(13-25)27-23(29)22-14-26-9-2-10-31-22/h3-8,12,20,22,26H,2,9-11,14-15H2,1H3,(H,27,29)/t20-,22-/m0/s1. The molecule has 0 saturated carbocycles. The maximum Gasteiger partial charge on any atom is 0.254 e. The third-order valence-electron chi connectivity index (χ3n) is 5.73. The molecule has 0 unspecified atom stereocenters. The fraction of sp³-hybridized carbons (Fsp3) is 0.375. The first-order valence-electron chi connectivity index (χ1n) is 10.5. The normalized spacial score (nSPS) is 19.3. The molecule has 2 heterocycles. The van der Waals surface area contributed by atoms with Crippen molar-refractivity contribution in [3.63, 3.8) is 0 Å². The quantitative estimate of drug-likeness (QED) is 0.773. The number of amides is 2. The number of nitrogens with zero attached hydrogens (tertiary/aromatic N) is 2. The molecule has 0 aliphatic carbocycles. The van der Waals surface area contributed by atoms with Gasteiger partial charge in [-0.2, -0.15) is 5.26 Å². The number of rotatable bonds is 5. The van der Waals surface area contributed by atoms with Crippen LogP contribution in [-0.4, -0.2) is 55.6 Å². The van der Waals surface area contributed by atoms with Gasteiger partial charge in [-0.25, -0.2) is 0 Å². The fourth-order valence-electron chi connectivity index (χ4n) is 3.97. The summed E-state index contributed by atoms with van der Waals surface area (Å²) >= 11 is 0. The molecular formula is C24H26N4O3. The summed E-state index contributed by atoms with van der Waals surface area (Å²) in [5.74, 6) is -0.209. The molecule has 0 radical (unpaired) electrons.